The molecule has 0 unspecified atom stereocenters. The Morgan fingerprint density at radius 3 is 2.74 bits per heavy atom. The van der Waals surface area contributed by atoms with Gasteiger partial charge < -0.3 is 5.32 Å². The van der Waals surface area contributed by atoms with Crippen molar-refractivity contribution in [1.82, 2.24) is 29.5 Å². The van der Waals surface area contributed by atoms with Gasteiger partial charge in [-0.15, -0.1) is 0 Å². The molecule has 0 radical (unpaired) electrons. The second kappa shape index (κ2) is 4.30. The number of aryl methyl sites for hydroxylation is 3. The monoisotopic (exact) mass is 277 g/mol. The Labute approximate surface area is 114 Å². The fraction of sp³-hybridized carbons (Fsp3) is 0.455. The number of aromatic nitrogens is 6. The van der Waals surface area contributed by atoms with Crippen molar-refractivity contribution in [3.63, 3.8) is 0 Å². The first-order valence-electron chi connectivity index (χ1n) is 5.97. The molecular formula is C11H15N7S. The average Bonchev–Trinajstić information content (AvgIpc) is 2.99. The molecule has 1 atom stereocenters. The number of nitrogens with one attached hydrogen (secondary N) is 1. The highest BCUT2D eigenvalue weighted by molar-refractivity contribution is 7.22. The van der Waals surface area contributed by atoms with Crippen LogP contribution in [0.3, 0.4) is 0 Å². The van der Waals surface area contributed by atoms with Crippen molar-refractivity contribution in [2.75, 3.05) is 5.32 Å². The van der Waals surface area contributed by atoms with Crippen molar-refractivity contribution >= 4 is 26.8 Å². The van der Waals surface area contributed by atoms with Gasteiger partial charge in [0.25, 0.3) is 0 Å². The summed E-state index contributed by atoms with van der Waals surface area (Å²) >= 11 is 1.61. The molecule has 3 rings (SSSR count). The van der Waals surface area contributed by atoms with Crippen molar-refractivity contribution in [3.8, 4) is 0 Å². The fourth-order valence-corrected chi connectivity index (χ4v) is 3.11. The second-order valence-electron chi connectivity index (χ2n) is 4.49. The van der Waals surface area contributed by atoms with E-state index >= 15 is 0 Å². The Balaban J connectivity index is 1.89. The highest BCUT2D eigenvalue weighted by atomic mass is 32.1. The summed E-state index contributed by atoms with van der Waals surface area (Å²) in [6.45, 7) is 4.04. The lowest BCUT2D eigenvalue weighted by molar-refractivity contribution is 0.661. The molecule has 3 heterocycles. The molecule has 0 aliphatic heterocycles. The van der Waals surface area contributed by atoms with Crippen LogP contribution in [0.5, 0.6) is 0 Å². The van der Waals surface area contributed by atoms with E-state index in [2.05, 4.69) is 25.5 Å². The summed E-state index contributed by atoms with van der Waals surface area (Å²) in [6, 6.07) is 0.0568. The number of hydrogen-bond donors (Lipinski definition) is 1. The molecule has 0 saturated heterocycles. The molecule has 19 heavy (non-hydrogen) atoms. The number of fused-ring (bicyclic) bond motifs is 1. The molecule has 0 fully saturated rings. The summed E-state index contributed by atoms with van der Waals surface area (Å²) in [6.07, 6.45) is 1.56. The van der Waals surface area contributed by atoms with Crippen molar-refractivity contribution in [3.05, 3.63) is 17.8 Å². The lowest BCUT2D eigenvalue weighted by Crippen LogP contribution is -2.12. The molecule has 0 aliphatic rings. The van der Waals surface area contributed by atoms with Gasteiger partial charge in [-0.05, 0) is 13.8 Å². The molecule has 3 aromatic heterocycles. The zero-order chi connectivity index (χ0) is 13.6. The Morgan fingerprint density at radius 2 is 2.11 bits per heavy atom. The molecule has 8 heteroatoms. The van der Waals surface area contributed by atoms with E-state index < -0.39 is 0 Å². The van der Waals surface area contributed by atoms with Crippen LogP contribution in [0.25, 0.3) is 10.3 Å². The number of nitrogens with zero attached hydrogens (tertiary/aromatic N) is 6. The van der Waals surface area contributed by atoms with E-state index in [1.807, 2.05) is 27.9 Å². The van der Waals surface area contributed by atoms with E-state index in [0.717, 1.165) is 27.0 Å². The normalized spacial score (nSPS) is 13.1. The largest absolute Gasteiger partial charge is 0.352 e. The van der Waals surface area contributed by atoms with Gasteiger partial charge in [0.2, 0.25) is 0 Å². The van der Waals surface area contributed by atoms with Gasteiger partial charge >= 0.3 is 0 Å². The van der Waals surface area contributed by atoms with E-state index in [1.54, 1.807) is 27.0 Å². The van der Waals surface area contributed by atoms with Gasteiger partial charge in [0.05, 0.1) is 16.4 Å². The zero-order valence-electron chi connectivity index (χ0n) is 11.2. The lowest BCUT2D eigenvalue weighted by atomic mass is 10.3. The Morgan fingerprint density at radius 1 is 1.32 bits per heavy atom. The van der Waals surface area contributed by atoms with Crippen molar-refractivity contribution in [1.29, 1.82) is 0 Å². The van der Waals surface area contributed by atoms with E-state index in [1.165, 1.54) is 0 Å². The third-order valence-electron chi connectivity index (χ3n) is 3.02. The fourth-order valence-electron chi connectivity index (χ4n) is 2.09. The van der Waals surface area contributed by atoms with E-state index in [-0.39, 0.29) is 6.04 Å². The van der Waals surface area contributed by atoms with Crippen molar-refractivity contribution < 1.29 is 0 Å². The smallest absolute Gasteiger partial charge is 0.186 e. The number of hydrogen-bond acceptors (Lipinski definition) is 6. The maximum Gasteiger partial charge on any atom is 0.186 e. The van der Waals surface area contributed by atoms with Crippen LogP contribution >= 0.6 is 11.3 Å². The molecule has 0 spiro atoms. The third-order valence-corrected chi connectivity index (χ3v) is 4.10. The molecule has 100 valence electrons. The van der Waals surface area contributed by atoms with Gasteiger partial charge in [-0.2, -0.15) is 10.2 Å². The van der Waals surface area contributed by atoms with E-state index in [9.17, 15) is 0 Å². The van der Waals surface area contributed by atoms with Crippen LogP contribution in [0, 0.1) is 6.92 Å². The molecule has 0 aromatic carbocycles. The van der Waals surface area contributed by atoms with Crippen molar-refractivity contribution in [2.24, 2.45) is 14.1 Å². The molecule has 0 bridgehead atoms. The van der Waals surface area contributed by atoms with Crippen LogP contribution in [-0.2, 0) is 14.1 Å². The Kier molecular flexibility index (Phi) is 2.74. The molecule has 3 aromatic rings. The predicted molar refractivity (Wildman–Crippen MR) is 74.2 cm³/mol. The third kappa shape index (κ3) is 1.97. The summed E-state index contributed by atoms with van der Waals surface area (Å²) < 4.78 is 4.69. The predicted octanol–water partition coefficient (Wildman–Crippen LogP) is 1.64. The molecule has 0 saturated carbocycles. The van der Waals surface area contributed by atoms with Crippen LogP contribution in [0.15, 0.2) is 6.33 Å². The zero-order valence-corrected chi connectivity index (χ0v) is 12.1. The lowest BCUT2D eigenvalue weighted by Gasteiger charge is -2.11. The Hall–Kier alpha value is -1.96. The summed E-state index contributed by atoms with van der Waals surface area (Å²) in [5.41, 5.74) is 1.92. The number of thiazole rings is 1. The highest BCUT2D eigenvalue weighted by Gasteiger charge is 2.16. The number of rotatable bonds is 3. The maximum absolute atomic E-state index is 4.56. The topological polar surface area (TPSA) is 73.5 Å². The molecular weight excluding hydrogens is 262 g/mol. The van der Waals surface area contributed by atoms with Gasteiger partial charge in [-0.1, -0.05) is 11.3 Å². The summed E-state index contributed by atoms with van der Waals surface area (Å²) in [5.74, 6) is 0.883. The van der Waals surface area contributed by atoms with Crippen LogP contribution < -0.4 is 5.32 Å². The van der Waals surface area contributed by atoms with Crippen molar-refractivity contribution in [2.45, 2.75) is 19.9 Å². The first kappa shape index (κ1) is 12.1. The maximum atomic E-state index is 4.56. The first-order chi connectivity index (χ1) is 9.06. The minimum atomic E-state index is 0.0568. The summed E-state index contributed by atoms with van der Waals surface area (Å²) in [5, 5.41) is 12.7. The van der Waals surface area contributed by atoms with Gasteiger partial charge in [-0.3, -0.25) is 4.68 Å². The minimum Gasteiger partial charge on any atom is -0.352 e. The van der Waals surface area contributed by atoms with Gasteiger partial charge in [0, 0.05) is 14.1 Å². The van der Waals surface area contributed by atoms with Crippen LogP contribution in [0.1, 0.15) is 24.5 Å². The quantitative estimate of drug-likeness (QED) is 0.788. The minimum absolute atomic E-state index is 0.0568. The number of anilines is 1. The average molecular weight is 277 g/mol. The highest BCUT2D eigenvalue weighted by Crippen LogP contribution is 2.30. The van der Waals surface area contributed by atoms with Crippen LogP contribution in [0.2, 0.25) is 0 Å². The van der Waals surface area contributed by atoms with Gasteiger partial charge in [0.15, 0.2) is 10.8 Å². The first-order valence-corrected chi connectivity index (χ1v) is 6.78. The second-order valence-corrected chi connectivity index (χ2v) is 5.49. The van der Waals surface area contributed by atoms with E-state index in [4.69, 9.17) is 0 Å². The van der Waals surface area contributed by atoms with Gasteiger partial charge in [0.1, 0.15) is 12.2 Å². The molecule has 1 N–H and O–H groups in total. The van der Waals surface area contributed by atoms with E-state index in [0.29, 0.717) is 0 Å². The SMILES string of the molecule is Cc1nn(C)c2nc(N[C@@H](C)c3ncnn3C)sc12. The summed E-state index contributed by atoms with van der Waals surface area (Å²) in [7, 11) is 3.79. The van der Waals surface area contributed by atoms with Gasteiger partial charge in [-0.25, -0.2) is 14.6 Å². The molecule has 7 nitrogen and oxygen atoms in total. The molecule has 0 aliphatic carbocycles. The molecule has 0 amide bonds. The Bertz CT molecular complexity index is 688. The summed E-state index contributed by atoms with van der Waals surface area (Å²) in [4.78, 5) is 8.80. The van der Waals surface area contributed by atoms with Crippen LogP contribution in [0.4, 0.5) is 5.13 Å². The van der Waals surface area contributed by atoms with Crippen LogP contribution in [-0.4, -0.2) is 29.5 Å². The standard InChI is InChI=1S/C11H15N7S/c1-6-8-10(18(4)16-6)15-11(19-8)14-7(2)9-12-5-13-17(9)3/h5,7H,1-4H3,(H,14,15)/t7-/m0/s1.